The van der Waals surface area contributed by atoms with Crippen molar-refractivity contribution in [2.75, 3.05) is 18.0 Å². The van der Waals surface area contributed by atoms with Crippen LogP contribution in [0.15, 0.2) is 24.5 Å². The maximum absolute atomic E-state index is 13.6. The monoisotopic (exact) mass is 329 g/mol. The van der Waals surface area contributed by atoms with E-state index in [2.05, 4.69) is 14.9 Å². The van der Waals surface area contributed by atoms with Crippen LogP contribution in [0.25, 0.3) is 10.9 Å². The molecule has 1 aliphatic heterocycles. The topological polar surface area (TPSA) is 38.2 Å². The molecule has 24 heavy (non-hydrogen) atoms. The maximum Gasteiger partial charge on any atom is 0.139 e. The Balaban J connectivity index is 1.43. The molecular formula is C19H24FN3O. The minimum Gasteiger partial charge on any atom is -0.375 e. The number of rotatable bonds is 3. The lowest BCUT2D eigenvalue weighted by Crippen LogP contribution is -2.39. The molecule has 4 nitrogen and oxygen atoms in total. The number of nitrogens with zero attached hydrogens (tertiary/aromatic N) is 3. The normalized spacial score (nSPS) is 20.6. The molecule has 0 radical (unpaired) electrons. The van der Waals surface area contributed by atoms with Gasteiger partial charge < -0.3 is 9.64 Å². The van der Waals surface area contributed by atoms with Crippen molar-refractivity contribution in [3.63, 3.8) is 0 Å². The third kappa shape index (κ3) is 3.36. The second kappa shape index (κ2) is 7.01. The summed E-state index contributed by atoms with van der Waals surface area (Å²) in [6.07, 6.45) is 10.8. The minimum atomic E-state index is -0.242. The van der Waals surface area contributed by atoms with Crippen molar-refractivity contribution in [3.05, 3.63) is 30.3 Å². The Labute approximate surface area is 142 Å². The molecule has 0 unspecified atom stereocenters. The minimum absolute atomic E-state index is 0.242. The average Bonchev–Trinajstić information content (AvgIpc) is 2.63. The van der Waals surface area contributed by atoms with Crippen LogP contribution in [0, 0.1) is 5.82 Å². The van der Waals surface area contributed by atoms with Gasteiger partial charge in [0.05, 0.1) is 17.7 Å². The predicted molar refractivity (Wildman–Crippen MR) is 92.7 cm³/mol. The van der Waals surface area contributed by atoms with Gasteiger partial charge in [-0.15, -0.1) is 0 Å². The van der Waals surface area contributed by atoms with E-state index in [4.69, 9.17) is 4.74 Å². The molecule has 2 aliphatic rings. The van der Waals surface area contributed by atoms with E-state index in [-0.39, 0.29) is 5.82 Å². The van der Waals surface area contributed by atoms with Crippen molar-refractivity contribution in [1.29, 1.82) is 0 Å². The third-order valence-electron chi connectivity index (χ3n) is 5.25. The first-order valence-electron chi connectivity index (χ1n) is 9.10. The van der Waals surface area contributed by atoms with Gasteiger partial charge in [-0.25, -0.2) is 14.4 Å². The number of anilines is 1. The highest BCUT2D eigenvalue weighted by atomic mass is 19.1. The average molecular weight is 329 g/mol. The summed E-state index contributed by atoms with van der Waals surface area (Å²) < 4.78 is 19.9. The molecule has 2 fully saturated rings. The number of ether oxygens (including phenoxy) is 1. The van der Waals surface area contributed by atoms with Crippen LogP contribution in [0.5, 0.6) is 0 Å². The fourth-order valence-electron chi connectivity index (χ4n) is 3.94. The van der Waals surface area contributed by atoms with E-state index in [1.54, 1.807) is 12.4 Å². The van der Waals surface area contributed by atoms with E-state index in [1.807, 2.05) is 0 Å². The van der Waals surface area contributed by atoms with Gasteiger partial charge in [0.1, 0.15) is 18.0 Å². The lowest BCUT2D eigenvalue weighted by atomic mass is 9.97. The molecule has 1 saturated heterocycles. The molecular weight excluding hydrogens is 305 g/mol. The first kappa shape index (κ1) is 15.8. The number of benzene rings is 1. The Morgan fingerprint density at radius 1 is 0.958 bits per heavy atom. The smallest absolute Gasteiger partial charge is 0.139 e. The Morgan fingerprint density at radius 2 is 1.71 bits per heavy atom. The van der Waals surface area contributed by atoms with Gasteiger partial charge in [0, 0.05) is 18.5 Å². The fraction of sp³-hybridized carbons (Fsp3) is 0.579. The predicted octanol–water partition coefficient (Wildman–Crippen LogP) is 4.09. The molecule has 2 aromatic rings. The van der Waals surface area contributed by atoms with Crippen molar-refractivity contribution in [2.24, 2.45) is 0 Å². The van der Waals surface area contributed by atoms with Gasteiger partial charge >= 0.3 is 0 Å². The van der Waals surface area contributed by atoms with Crippen LogP contribution in [0.2, 0.25) is 0 Å². The number of piperidine rings is 1. The largest absolute Gasteiger partial charge is 0.375 e. The van der Waals surface area contributed by atoms with E-state index in [1.165, 1.54) is 44.2 Å². The summed E-state index contributed by atoms with van der Waals surface area (Å²) in [5, 5.41) is 0.796. The molecule has 5 heteroatoms. The molecule has 2 heterocycles. The van der Waals surface area contributed by atoms with E-state index in [9.17, 15) is 4.39 Å². The molecule has 0 spiro atoms. The van der Waals surface area contributed by atoms with Crippen molar-refractivity contribution < 1.29 is 9.13 Å². The summed E-state index contributed by atoms with van der Waals surface area (Å²) in [6.45, 7) is 1.81. The maximum atomic E-state index is 13.6. The molecule has 128 valence electrons. The Bertz CT molecular complexity index is 694. The second-order valence-electron chi connectivity index (χ2n) is 6.94. The molecule has 1 aromatic heterocycles. The Morgan fingerprint density at radius 3 is 2.50 bits per heavy atom. The van der Waals surface area contributed by atoms with Gasteiger partial charge in [0.25, 0.3) is 0 Å². The first-order valence-corrected chi connectivity index (χ1v) is 9.10. The van der Waals surface area contributed by atoms with Crippen LogP contribution in [-0.2, 0) is 4.74 Å². The molecule has 0 N–H and O–H groups in total. The summed E-state index contributed by atoms with van der Waals surface area (Å²) >= 11 is 0. The number of aromatic nitrogens is 2. The van der Waals surface area contributed by atoms with Gasteiger partial charge in [0.15, 0.2) is 0 Å². The van der Waals surface area contributed by atoms with Crippen molar-refractivity contribution in [2.45, 2.75) is 57.2 Å². The van der Waals surface area contributed by atoms with Gasteiger partial charge in [-0.3, -0.25) is 0 Å². The molecule has 0 atom stereocenters. The van der Waals surface area contributed by atoms with Gasteiger partial charge in [-0.1, -0.05) is 19.3 Å². The van der Waals surface area contributed by atoms with Crippen molar-refractivity contribution >= 4 is 16.7 Å². The number of halogens is 1. The van der Waals surface area contributed by atoms with Gasteiger partial charge in [0.2, 0.25) is 0 Å². The second-order valence-corrected chi connectivity index (χ2v) is 6.94. The summed E-state index contributed by atoms with van der Waals surface area (Å²) in [4.78, 5) is 10.9. The first-order chi connectivity index (χ1) is 11.8. The van der Waals surface area contributed by atoms with E-state index >= 15 is 0 Å². The van der Waals surface area contributed by atoms with E-state index in [0.717, 1.165) is 42.7 Å². The van der Waals surface area contributed by atoms with Crippen LogP contribution in [0.1, 0.15) is 44.9 Å². The SMILES string of the molecule is Fc1ccc2ncnc(N3CCC(OC4CCCCC4)CC3)c2c1. The molecule has 1 aromatic carbocycles. The summed E-state index contributed by atoms with van der Waals surface area (Å²) in [6, 6.07) is 4.70. The highest BCUT2D eigenvalue weighted by molar-refractivity contribution is 5.89. The number of fused-ring (bicyclic) bond motifs is 1. The lowest BCUT2D eigenvalue weighted by Gasteiger charge is -2.35. The van der Waals surface area contributed by atoms with E-state index < -0.39 is 0 Å². The summed E-state index contributed by atoms with van der Waals surface area (Å²) in [7, 11) is 0. The quantitative estimate of drug-likeness (QED) is 0.850. The zero-order chi connectivity index (χ0) is 16.4. The van der Waals surface area contributed by atoms with E-state index in [0.29, 0.717) is 12.2 Å². The molecule has 1 saturated carbocycles. The molecule has 1 aliphatic carbocycles. The highest BCUT2D eigenvalue weighted by Gasteiger charge is 2.25. The lowest BCUT2D eigenvalue weighted by molar-refractivity contribution is -0.0395. The number of hydrogen-bond donors (Lipinski definition) is 0. The highest BCUT2D eigenvalue weighted by Crippen LogP contribution is 2.29. The standard InChI is InChI=1S/C19H24FN3O/c20-14-6-7-18-17(12-14)19(22-13-21-18)23-10-8-16(9-11-23)24-15-4-2-1-3-5-15/h6-7,12-13,15-16H,1-5,8-11H2. The molecule has 0 bridgehead atoms. The summed E-state index contributed by atoms with van der Waals surface area (Å²) in [5.41, 5.74) is 0.793. The van der Waals surface area contributed by atoms with Crippen molar-refractivity contribution in [1.82, 2.24) is 9.97 Å². The van der Waals surface area contributed by atoms with Gasteiger partial charge in [-0.05, 0) is 43.9 Å². The fourth-order valence-corrected chi connectivity index (χ4v) is 3.94. The van der Waals surface area contributed by atoms with Crippen LogP contribution in [0.4, 0.5) is 10.2 Å². The van der Waals surface area contributed by atoms with Crippen LogP contribution in [0.3, 0.4) is 0 Å². The van der Waals surface area contributed by atoms with Crippen molar-refractivity contribution in [3.8, 4) is 0 Å². The van der Waals surface area contributed by atoms with Crippen LogP contribution >= 0.6 is 0 Å². The molecule has 0 amide bonds. The molecule has 4 rings (SSSR count). The number of hydrogen-bond acceptors (Lipinski definition) is 4. The summed E-state index contributed by atoms with van der Waals surface area (Å²) in [5.74, 6) is 0.602. The Kier molecular flexibility index (Phi) is 4.60. The van der Waals surface area contributed by atoms with Gasteiger partial charge in [-0.2, -0.15) is 0 Å². The zero-order valence-electron chi connectivity index (χ0n) is 14.0. The van der Waals surface area contributed by atoms with Crippen LogP contribution in [-0.4, -0.2) is 35.3 Å². The van der Waals surface area contributed by atoms with Crippen LogP contribution < -0.4 is 4.90 Å². The zero-order valence-corrected chi connectivity index (χ0v) is 14.0. The third-order valence-corrected chi connectivity index (χ3v) is 5.25. The Hall–Kier alpha value is -1.75.